The maximum absolute atomic E-state index is 12.6. The number of nitrogens with zero attached hydrogens (tertiary/aromatic N) is 1. The van der Waals surface area contributed by atoms with Crippen LogP contribution in [0.15, 0.2) is 39.5 Å². The van der Waals surface area contributed by atoms with Gasteiger partial charge >= 0.3 is 0 Å². The van der Waals surface area contributed by atoms with E-state index in [1.165, 1.54) is 11.3 Å². The van der Waals surface area contributed by atoms with Gasteiger partial charge in [0.25, 0.3) is 5.91 Å². The van der Waals surface area contributed by atoms with Crippen molar-refractivity contribution >= 4 is 38.9 Å². The molecular formula is C14H13BrN2OS. The number of anilines is 1. The second-order valence-electron chi connectivity index (χ2n) is 4.65. The molecule has 1 amide bonds. The molecule has 0 fully saturated rings. The fourth-order valence-electron chi connectivity index (χ4n) is 2.40. The van der Waals surface area contributed by atoms with Crippen LogP contribution in [0.5, 0.6) is 0 Å². The molecule has 2 heterocycles. The number of fused-ring (bicyclic) bond motifs is 1. The predicted octanol–water partition coefficient (Wildman–Crippen LogP) is 3.04. The lowest BCUT2D eigenvalue weighted by molar-refractivity contribution is 0.0984. The molecule has 3 nitrogen and oxygen atoms in total. The van der Waals surface area contributed by atoms with Crippen LogP contribution in [0.2, 0.25) is 0 Å². The maximum Gasteiger partial charge on any atom is 0.259 e. The van der Waals surface area contributed by atoms with E-state index in [0.29, 0.717) is 12.1 Å². The van der Waals surface area contributed by atoms with Gasteiger partial charge in [0.15, 0.2) is 0 Å². The summed E-state index contributed by atoms with van der Waals surface area (Å²) in [6.07, 6.45) is 0.827. The van der Waals surface area contributed by atoms with E-state index in [9.17, 15) is 4.79 Å². The highest BCUT2D eigenvalue weighted by Gasteiger charge is 2.27. The Kier molecular flexibility index (Phi) is 3.43. The molecule has 0 aliphatic carbocycles. The van der Waals surface area contributed by atoms with Crippen LogP contribution in [-0.2, 0) is 6.42 Å². The summed E-state index contributed by atoms with van der Waals surface area (Å²) in [6, 6.07) is 9.83. The normalized spacial score (nSPS) is 18.2. The Labute approximate surface area is 124 Å². The molecule has 3 rings (SSSR count). The summed E-state index contributed by atoms with van der Waals surface area (Å²) in [5.41, 5.74) is 8.89. The quantitative estimate of drug-likeness (QED) is 0.869. The summed E-state index contributed by atoms with van der Waals surface area (Å²) in [7, 11) is 0. The van der Waals surface area contributed by atoms with Crippen molar-refractivity contribution in [3.63, 3.8) is 0 Å². The first-order valence-corrected chi connectivity index (χ1v) is 7.72. The van der Waals surface area contributed by atoms with Gasteiger partial charge in [-0.2, -0.15) is 0 Å². The Balaban J connectivity index is 1.99. The third-order valence-corrected chi connectivity index (χ3v) is 4.75. The Morgan fingerprint density at radius 2 is 2.21 bits per heavy atom. The molecule has 0 spiro atoms. The molecule has 98 valence electrons. The molecule has 0 bridgehead atoms. The molecule has 2 aromatic rings. The first-order chi connectivity index (χ1) is 9.15. The minimum absolute atomic E-state index is 0.000858. The van der Waals surface area contributed by atoms with Crippen LogP contribution >= 0.6 is 27.3 Å². The van der Waals surface area contributed by atoms with E-state index in [4.69, 9.17) is 5.73 Å². The largest absolute Gasteiger partial charge is 0.326 e. The average Bonchev–Trinajstić information content (AvgIpc) is 2.83. The van der Waals surface area contributed by atoms with E-state index >= 15 is 0 Å². The minimum Gasteiger partial charge on any atom is -0.326 e. The number of benzene rings is 1. The summed E-state index contributed by atoms with van der Waals surface area (Å²) in [5.74, 6) is 0.0181. The zero-order valence-electron chi connectivity index (χ0n) is 10.2. The van der Waals surface area contributed by atoms with E-state index in [0.717, 1.165) is 21.5 Å². The Bertz CT molecular complexity index is 625. The van der Waals surface area contributed by atoms with E-state index in [-0.39, 0.29) is 11.9 Å². The van der Waals surface area contributed by atoms with Gasteiger partial charge in [-0.3, -0.25) is 4.79 Å². The predicted molar refractivity (Wildman–Crippen MR) is 81.8 cm³/mol. The van der Waals surface area contributed by atoms with Crippen LogP contribution in [0.1, 0.15) is 15.9 Å². The topological polar surface area (TPSA) is 46.3 Å². The number of thiophene rings is 1. The summed E-state index contributed by atoms with van der Waals surface area (Å²) < 4.78 is 0.963. The molecule has 0 saturated carbocycles. The van der Waals surface area contributed by atoms with Gasteiger partial charge in [-0.1, -0.05) is 18.2 Å². The highest BCUT2D eigenvalue weighted by atomic mass is 79.9. The van der Waals surface area contributed by atoms with Crippen molar-refractivity contribution in [2.75, 3.05) is 11.4 Å². The van der Waals surface area contributed by atoms with E-state index in [1.54, 1.807) is 4.90 Å². The number of hydrogen-bond donors (Lipinski definition) is 1. The first-order valence-electron chi connectivity index (χ1n) is 6.04. The Hall–Kier alpha value is -1.17. The fourth-order valence-corrected chi connectivity index (χ4v) is 3.53. The van der Waals surface area contributed by atoms with Crippen molar-refractivity contribution < 1.29 is 4.79 Å². The number of rotatable bonds is 1. The minimum atomic E-state index is 0.000858. The summed E-state index contributed by atoms with van der Waals surface area (Å²) in [5, 5.41) is 1.87. The van der Waals surface area contributed by atoms with Crippen LogP contribution in [0, 0.1) is 0 Å². The highest BCUT2D eigenvalue weighted by molar-refractivity contribution is 9.11. The molecule has 0 saturated heterocycles. The van der Waals surface area contributed by atoms with Gasteiger partial charge in [0.1, 0.15) is 0 Å². The van der Waals surface area contributed by atoms with Gasteiger partial charge in [0.2, 0.25) is 0 Å². The summed E-state index contributed by atoms with van der Waals surface area (Å²) in [4.78, 5) is 14.4. The lowest BCUT2D eigenvalue weighted by Gasteiger charge is -2.32. The molecule has 1 aliphatic rings. The number of nitrogens with two attached hydrogens (primary N) is 1. The smallest absolute Gasteiger partial charge is 0.259 e. The lowest BCUT2D eigenvalue weighted by Crippen LogP contribution is -2.46. The third kappa shape index (κ3) is 2.45. The van der Waals surface area contributed by atoms with Crippen molar-refractivity contribution in [2.45, 2.75) is 12.5 Å². The SMILES string of the molecule is NC1Cc2ccccc2N(C(=O)c2csc(Br)c2)C1. The molecule has 0 radical (unpaired) electrons. The fraction of sp³-hybridized carbons (Fsp3) is 0.214. The zero-order chi connectivity index (χ0) is 13.4. The Morgan fingerprint density at radius 1 is 1.42 bits per heavy atom. The molecule has 1 atom stereocenters. The molecule has 5 heteroatoms. The highest BCUT2D eigenvalue weighted by Crippen LogP contribution is 2.29. The second kappa shape index (κ2) is 5.07. The number of amides is 1. The Morgan fingerprint density at radius 3 is 2.95 bits per heavy atom. The van der Waals surface area contributed by atoms with E-state index in [1.807, 2.05) is 35.7 Å². The number of carbonyl (C=O) groups excluding carboxylic acids is 1. The van der Waals surface area contributed by atoms with Gasteiger partial charge in [-0.25, -0.2) is 0 Å². The van der Waals surface area contributed by atoms with Gasteiger partial charge in [0.05, 0.1) is 9.35 Å². The molecule has 1 aromatic carbocycles. The van der Waals surface area contributed by atoms with Gasteiger partial charge in [0, 0.05) is 23.7 Å². The number of hydrogen-bond acceptors (Lipinski definition) is 3. The third-order valence-electron chi connectivity index (χ3n) is 3.24. The maximum atomic E-state index is 12.6. The van der Waals surface area contributed by atoms with Gasteiger partial charge in [-0.05, 0) is 40.0 Å². The molecule has 2 N–H and O–H groups in total. The van der Waals surface area contributed by atoms with Crippen molar-refractivity contribution in [1.29, 1.82) is 0 Å². The number of carbonyl (C=O) groups is 1. The van der Waals surface area contributed by atoms with Crippen LogP contribution in [0.4, 0.5) is 5.69 Å². The van der Waals surface area contributed by atoms with Gasteiger partial charge in [-0.15, -0.1) is 11.3 Å². The molecular weight excluding hydrogens is 324 g/mol. The number of para-hydroxylation sites is 1. The van der Waals surface area contributed by atoms with Crippen LogP contribution in [0.3, 0.4) is 0 Å². The van der Waals surface area contributed by atoms with E-state index < -0.39 is 0 Å². The van der Waals surface area contributed by atoms with Crippen molar-refractivity contribution in [3.8, 4) is 0 Å². The lowest BCUT2D eigenvalue weighted by atomic mass is 9.98. The zero-order valence-corrected chi connectivity index (χ0v) is 12.6. The summed E-state index contributed by atoms with van der Waals surface area (Å²) in [6.45, 7) is 0.573. The van der Waals surface area contributed by atoms with Crippen molar-refractivity contribution in [3.05, 3.63) is 50.6 Å². The van der Waals surface area contributed by atoms with Crippen molar-refractivity contribution in [1.82, 2.24) is 0 Å². The monoisotopic (exact) mass is 336 g/mol. The number of halogens is 1. The standard InChI is InChI=1S/C14H13BrN2OS/c15-13-6-10(8-19-13)14(18)17-7-11(16)5-9-3-1-2-4-12(9)17/h1-4,6,8,11H,5,7,16H2. The first kappa shape index (κ1) is 12.8. The van der Waals surface area contributed by atoms with Gasteiger partial charge < -0.3 is 10.6 Å². The van der Waals surface area contributed by atoms with Crippen LogP contribution in [-0.4, -0.2) is 18.5 Å². The molecule has 1 aromatic heterocycles. The summed E-state index contributed by atoms with van der Waals surface area (Å²) >= 11 is 4.91. The molecule has 19 heavy (non-hydrogen) atoms. The second-order valence-corrected chi connectivity index (χ2v) is 6.94. The average molecular weight is 337 g/mol. The van der Waals surface area contributed by atoms with Crippen LogP contribution < -0.4 is 10.6 Å². The molecule has 1 aliphatic heterocycles. The molecule has 1 unspecified atom stereocenters. The van der Waals surface area contributed by atoms with E-state index in [2.05, 4.69) is 15.9 Å². The van der Waals surface area contributed by atoms with Crippen molar-refractivity contribution in [2.24, 2.45) is 5.73 Å². The van der Waals surface area contributed by atoms with Crippen LogP contribution in [0.25, 0.3) is 0 Å².